The van der Waals surface area contributed by atoms with Crippen LogP contribution >= 0.6 is 0 Å². The first-order valence-corrected chi connectivity index (χ1v) is 8.02. The van der Waals surface area contributed by atoms with E-state index in [1.165, 1.54) is 16.8 Å². The number of Topliss-reactive ketones (excluding diaryl/α,β-unsaturated/α-hetero) is 1. The Morgan fingerprint density at radius 3 is 2.74 bits per heavy atom. The minimum absolute atomic E-state index is 0.0151. The van der Waals surface area contributed by atoms with Crippen molar-refractivity contribution in [1.29, 1.82) is 0 Å². The topological polar surface area (TPSA) is 123 Å². The summed E-state index contributed by atoms with van der Waals surface area (Å²) >= 11 is 0. The number of aryl methyl sites for hydroxylation is 2. The minimum atomic E-state index is -1.07. The van der Waals surface area contributed by atoms with Crippen LogP contribution in [0.3, 0.4) is 0 Å². The highest BCUT2D eigenvalue weighted by molar-refractivity contribution is 6.41. The molecule has 0 fully saturated rings. The van der Waals surface area contributed by atoms with E-state index in [4.69, 9.17) is 14.2 Å². The monoisotopic (exact) mass is 375 g/mol. The van der Waals surface area contributed by atoms with Crippen molar-refractivity contribution in [1.82, 2.24) is 9.78 Å². The number of fused-ring (bicyclic) bond motifs is 1. The number of ether oxygens (including phenoxy) is 3. The molecule has 10 nitrogen and oxygen atoms in total. The van der Waals surface area contributed by atoms with Crippen LogP contribution < -0.4 is 4.74 Å². The Morgan fingerprint density at radius 2 is 2.11 bits per heavy atom. The van der Waals surface area contributed by atoms with E-state index < -0.39 is 16.7 Å². The molecule has 0 radical (unpaired) electrons. The summed E-state index contributed by atoms with van der Waals surface area (Å²) in [6, 6.07) is 2.59. The van der Waals surface area contributed by atoms with Gasteiger partial charge in [-0.1, -0.05) is 0 Å². The van der Waals surface area contributed by atoms with Gasteiger partial charge in [0.1, 0.15) is 12.4 Å². The van der Waals surface area contributed by atoms with Crippen LogP contribution in [-0.2, 0) is 34.5 Å². The molecule has 1 aromatic heterocycles. The Kier molecular flexibility index (Phi) is 4.91. The number of carbonyl (C=O) groups is 2. The zero-order chi connectivity index (χ0) is 19.7. The molecule has 0 bridgehead atoms. The van der Waals surface area contributed by atoms with Crippen LogP contribution in [0.2, 0.25) is 0 Å². The van der Waals surface area contributed by atoms with Gasteiger partial charge >= 0.3 is 5.97 Å². The molecule has 0 atom stereocenters. The maximum atomic E-state index is 12.4. The normalized spacial score (nSPS) is 12.9. The number of ketones is 1. The molecule has 2 heterocycles. The van der Waals surface area contributed by atoms with E-state index in [1.807, 2.05) is 0 Å². The lowest BCUT2D eigenvalue weighted by Gasteiger charge is -2.20. The number of benzene rings is 1. The Morgan fingerprint density at radius 1 is 1.37 bits per heavy atom. The van der Waals surface area contributed by atoms with Crippen LogP contribution in [0.4, 0.5) is 5.69 Å². The standard InChI is InChI=1S/C17H17N3O7/c1-9-14(10(2)19(3)18-9)15(21)17(22)26-7-12-5-13(20(23)24)4-11-6-25-8-27-16(11)12/h4-5H,6-8H2,1-3H3. The Bertz CT molecular complexity index is 948. The van der Waals surface area contributed by atoms with E-state index in [1.54, 1.807) is 20.9 Å². The van der Waals surface area contributed by atoms with Crippen LogP contribution in [0.15, 0.2) is 12.1 Å². The van der Waals surface area contributed by atoms with Gasteiger partial charge in [-0.25, -0.2) is 4.79 Å². The highest BCUT2D eigenvalue weighted by atomic mass is 16.7. The number of rotatable bonds is 5. The number of nitro benzene ring substituents is 1. The maximum absolute atomic E-state index is 12.4. The van der Waals surface area contributed by atoms with Gasteiger partial charge in [-0.2, -0.15) is 5.10 Å². The van der Waals surface area contributed by atoms with Gasteiger partial charge in [0.15, 0.2) is 6.79 Å². The molecular formula is C17H17N3O7. The molecule has 0 saturated carbocycles. The van der Waals surface area contributed by atoms with E-state index in [0.717, 1.165) is 0 Å². The fourth-order valence-corrected chi connectivity index (χ4v) is 2.91. The van der Waals surface area contributed by atoms with E-state index in [-0.39, 0.29) is 31.3 Å². The third kappa shape index (κ3) is 3.51. The average Bonchev–Trinajstić information content (AvgIpc) is 2.90. The lowest BCUT2D eigenvalue weighted by molar-refractivity contribution is -0.385. The number of aromatic nitrogens is 2. The van der Waals surface area contributed by atoms with Gasteiger partial charge < -0.3 is 14.2 Å². The summed E-state index contributed by atoms with van der Waals surface area (Å²) in [7, 11) is 1.67. The molecule has 142 valence electrons. The molecule has 0 spiro atoms. The van der Waals surface area contributed by atoms with Crippen LogP contribution in [0, 0.1) is 24.0 Å². The molecule has 0 amide bonds. The summed E-state index contributed by atoms with van der Waals surface area (Å²) in [5, 5.41) is 15.2. The number of esters is 1. The first kappa shape index (κ1) is 18.5. The number of nitrogens with zero attached hydrogens (tertiary/aromatic N) is 3. The Labute approximate surface area is 153 Å². The van der Waals surface area contributed by atoms with Crippen molar-refractivity contribution < 1.29 is 28.7 Å². The minimum Gasteiger partial charge on any atom is -0.467 e. The molecule has 0 unspecified atom stereocenters. The van der Waals surface area contributed by atoms with Gasteiger partial charge in [0, 0.05) is 36.0 Å². The molecular weight excluding hydrogens is 358 g/mol. The molecule has 1 aliphatic heterocycles. The Balaban J connectivity index is 1.82. The molecule has 0 saturated heterocycles. The van der Waals surface area contributed by atoms with Crippen LogP contribution in [0.5, 0.6) is 5.75 Å². The maximum Gasteiger partial charge on any atom is 0.380 e. The smallest absolute Gasteiger partial charge is 0.380 e. The van der Waals surface area contributed by atoms with Gasteiger partial charge in [-0.05, 0) is 13.8 Å². The van der Waals surface area contributed by atoms with Crippen molar-refractivity contribution in [3.05, 3.63) is 50.3 Å². The van der Waals surface area contributed by atoms with Crippen molar-refractivity contribution in [2.45, 2.75) is 27.1 Å². The second-order valence-electron chi connectivity index (χ2n) is 6.04. The molecule has 1 aliphatic rings. The highest BCUT2D eigenvalue weighted by Crippen LogP contribution is 2.33. The van der Waals surface area contributed by atoms with Crippen LogP contribution in [0.25, 0.3) is 0 Å². The van der Waals surface area contributed by atoms with Crippen molar-refractivity contribution >= 4 is 17.4 Å². The van der Waals surface area contributed by atoms with Gasteiger partial charge in [0.2, 0.25) is 0 Å². The highest BCUT2D eigenvalue weighted by Gasteiger charge is 2.27. The predicted molar refractivity (Wildman–Crippen MR) is 90.2 cm³/mol. The number of nitro groups is 1. The third-order valence-electron chi connectivity index (χ3n) is 4.26. The van der Waals surface area contributed by atoms with E-state index in [9.17, 15) is 19.7 Å². The van der Waals surface area contributed by atoms with Crippen molar-refractivity contribution in [3.8, 4) is 5.75 Å². The lowest BCUT2D eigenvalue weighted by Crippen LogP contribution is -2.20. The Hall–Kier alpha value is -3.27. The molecule has 0 N–H and O–H groups in total. The van der Waals surface area contributed by atoms with Crippen LogP contribution in [0.1, 0.15) is 32.9 Å². The van der Waals surface area contributed by atoms with Crippen molar-refractivity contribution in [3.63, 3.8) is 0 Å². The molecule has 1 aromatic carbocycles. The van der Waals surface area contributed by atoms with Crippen LogP contribution in [-0.4, -0.2) is 33.2 Å². The molecule has 0 aliphatic carbocycles. The fraction of sp³-hybridized carbons (Fsp3) is 0.353. The molecule has 3 rings (SSSR count). The van der Waals surface area contributed by atoms with E-state index in [2.05, 4.69) is 5.10 Å². The zero-order valence-electron chi connectivity index (χ0n) is 15.0. The number of hydrogen-bond acceptors (Lipinski definition) is 8. The van der Waals surface area contributed by atoms with Gasteiger partial charge in [-0.15, -0.1) is 0 Å². The lowest BCUT2D eigenvalue weighted by atomic mass is 10.1. The third-order valence-corrected chi connectivity index (χ3v) is 4.26. The van der Waals surface area contributed by atoms with E-state index >= 15 is 0 Å². The van der Waals surface area contributed by atoms with Crippen molar-refractivity contribution in [2.24, 2.45) is 7.05 Å². The SMILES string of the molecule is Cc1nn(C)c(C)c1C(=O)C(=O)OCc1cc([N+](=O)[O-])cc2c1OCOC2. The summed E-state index contributed by atoms with van der Waals surface area (Å²) in [6.45, 7) is 3.08. The first-order valence-electron chi connectivity index (χ1n) is 8.02. The van der Waals surface area contributed by atoms with Gasteiger partial charge in [-0.3, -0.25) is 19.6 Å². The molecule has 27 heavy (non-hydrogen) atoms. The summed E-state index contributed by atoms with van der Waals surface area (Å²) in [5.74, 6) is -1.52. The number of carbonyl (C=O) groups excluding carboxylic acids is 2. The average molecular weight is 375 g/mol. The summed E-state index contributed by atoms with van der Waals surface area (Å²) in [5.41, 5.74) is 1.75. The van der Waals surface area contributed by atoms with E-state index in [0.29, 0.717) is 28.3 Å². The first-order chi connectivity index (χ1) is 12.8. The zero-order valence-corrected chi connectivity index (χ0v) is 15.0. The predicted octanol–water partition coefficient (Wildman–Crippen LogP) is 1.74. The summed E-state index contributed by atoms with van der Waals surface area (Å²) in [6.07, 6.45) is 0. The quantitative estimate of drug-likeness (QED) is 0.255. The second-order valence-corrected chi connectivity index (χ2v) is 6.04. The van der Waals surface area contributed by atoms with Crippen molar-refractivity contribution in [2.75, 3.05) is 6.79 Å². The number of non-ortho nitro benzene ring substituents is 1. The fourth-order valence-electron chi connectivity index (χ4n) is 2.91. The summed E-state index contributed by atoms with van der Waals surface area (Å²) < 4.78 is 17.1. The second kappa shape index (κ2) is 7.16. The van der Waals surface area contributed by atoms with Gasteiger partial charge in [0.25, 0.3) is 11.5 Å². The largest absolute Gasteiger partial charge is 0.467 e. The van der Waals surface area contributed by atoms with Gasteiger partial charge in [0.05, 0.1) is 22.8 Å². The molecule has 10 heteroatoms. The molecule has 2 aromatic rings. The number of hydrogen-bond donors (Lipinski definition) is 0. The summed E-state index contributed by atoms with van der Waals surface area (Å²) in [4.78, 5) is 35.1.